The standard InChI is InChI=1S/C29H43F/c1-3-5-7-22-9-17-28(29(30)19-22)24-13-11-23(12-14-24)26-16-15-25-18-21(6-4-2)8-10-27(25)20-26/h3,9,17,19,21,23-27H,1,4-8,10-16,18,20H2,2H3. The van der Waals surface area contributed by atoms with E-state index in [9.17, 15) is 4.39 Å². The third-order valence-electron chi connectivity index (χ3n) is 9.04. The monoisotopic (exact) mass is 410 g/mol. The van der Waals surface area contributed by atoms with E-state index >= 15 is 0 Å². The van der Waals surface area contributed by atoms with Gasteiger partial charge >= 0.3 is 0 Å². The van der Waals surface area contributed by atoms with Crippen molar-refractivity contribution in [3.8, 4) is 0 Å². The van der Waals surface area contributed by atoms with Crippen molar-refractivity contribution in [3.05, 3.63) is 47.8 Å². The van der Waals surface area contributed by atoms with E-state index in [1.807, 2.05) is 6.08 Å². The first-order chi connectivity index (χ1) is 14.7. The van der Waals surface area contributed by atoms with Crippen molar-refractivity contribution in [2.75, 3.05) is 0 Å². The van der Waals surface area contributed by atoms with Gasteiger partial charge in [0.15, 0.2) is 0 Å². The van der Waals surface area contributed by atoms with E-state index in [1.54, 1.807) is 6.07 Å². The summed E-state index contributed by atoms with van der Waals surface area (Å²) in [6.07, 6.45) is 20.6. The van der Waals surface area contributed by atoms with Crippen molar-refractivity contribution in [1.82, 2.24) is 0 Å². The average Bonchev–Trinajstić information content (AvgIpc) is 2.78. The van der Waals surface area contributed by atoms with Crippen molar-refractivity contribution in [2.24, 2.45) is 29.6 Å². The van der Waals surface area contributed by atoms with Gasteiger partial charge in [0.25, 0.3) is 0 Å². The first-order valence-corrected chi connectivity index (χ1v) is 13.1. The van der Waals surface area contributed by atoms with E-state index in [2.05, 4.69) is 25.6 Å². The number of benzene rings is 1. The van der Waals surface area contributed by atoms with Gasteiger partial charge < -0.3 is 0 Å². The minimum Gasteiger partial charge on any atom is -0.207 e. The Bertz CT molecular complexity index is 684. The Kier molecular flexibility index (Phi) is 7.71. The molecule has 0 heterocycles. The molecule has 1 aromatic carbocycles. The number of halogens is 1. The lowest BCUT2D eigenvalue weighted by atomic mass is 9.60. The van der Waals surface area contributed by atoms with Crippen LogP contribution in [-0.4, -0.2) is 0 Å². The molecule has 4 unspecified atom stereocenters. The molecule has 3 aliphatic carbocycles. The summed E-state index contributed by atoms with van der Waals surface area (Å²) < 4.78 is 14.8. The molecule has 1 heteroatoms. The molecule has 3 fully saturated rings. The minimum atomic E-state index is 0.0318. The van der Waals surface area contributed by atoms with Gasteiger partial charge in [-0.25, -0.2) is 4.39 Å². The fourth-order valence-electron chi connectivity index (χ4n) is 7.35. The first kappa shape index (κ1) is 22.1. The first-order valence-electron chi connectivity index (χ1n) is 13.1. The van der Waals surface area contributed by atoms with Gasteiger partial charge in [-0.15, -0.1) is 6.58 Å². The maximum Gasteiger partial charge on any atom is 0.126 e. The van der Waals surface area contributed by atoms with Gasteiger partial charge in [0.05, 0.1) is 0 Å². The summed E-state index contributed by atoms with van der Waals surface area (Å²) >= 11 is 0. The van der Waals surface area contributed by atoms with E-state index in [4.69, 9.17) is 0 Å². The van der Waals surface area contributed by atoms with E-state index < -0.39 is 0 Å². The van der Waals surface area contributed by atoms with Gasteiger partial charge in [-0.2, -0.15) is 0 Å². The summed E-state index contributed by atoms with van der Waals surface area (Å²) in [5.41, 5.74) is 2.09. The van der Waals surface area contributed by atoms with Crippen LogP contribution in [0.5, 0.6) is 0 Å². The normalized spacial score (nSPS) is 34.3. The second kappa shape index (κ2) is 10.5. The van der Waals surface area contributed by atoms with Crippen molar-refractivity contribution >= 4 is 0 Å². The Balaban J connectivity index is 1.28. The minimum absolute atomic E-state index is 0.0318. The Morgan fingerprint density at radius 2 is 1.57 bits per heavy atom. The SMILES string of the molecule is C=CCCc1ccc(C2CCC(C3CCC4CC(CCC)CCC4C3)CC2)c(F)c1. The van der Waals surface area contributed by atoms with E-state index in [0.29, 0.717) is 5.92 Å². The van der Waals surface area contributed by atoms with Crippen LogP contribution in [-0.2, 0) is 6.42 Å². The highest BCUT2D eigenvalue weighted by atomic mass is 19.1. The smallest absolute Gasteiger partial charge is 0.126 e. The van der Waals surface area contributed by atoms with Gasteiger partial charge in [-0.05, 0) is 123 Å². The summed E-state index contributed by atoms with van der Waals surface area (Å²) in [6, 6.07) is 6.00. The van der Waals surface area contributed by atoms with Crippen LogP contribution in [0.3, 0.4) is 0 Å². The number of hydrogen-bond donors (Lipinski definition) is 0. The summed E-state index contributed by atoms with van der Waals surface area (Å²) in [5, 5.41) is 0. The van der Waals surface area contributed by atoms with E-state index in [0.717, 1.165) is 53.6 Å². The maximum atomic E-state index is 14.8. The summed E-state index contributed by atoms with van der Waals surface area (Å²) in [4.78, 5) is 0. The molecule has 0 bridgehead atoms. The number of allylic oxidation sites excluding steroid dienone is 1. The van der Waals surface area contributed by atoms with Crippen LogP contribution in [0.15, 0.2) is 30.9 Å². The zero-order valence-electron chi connectivity index (χ0n) is 19.3. The summed E-state index contributed by atoms with van der Waals surface area (Å²) in [5.74, 6) is 5.43. The molecular weight excluding hydrogens is 367 g/mol. The highest BCUT2D eigenvalue weighted by Crippen LogP contribution is 2.50. The topological polar surface area (TPSA) is 0 Å². The number of rotatable bonds is 7. The molecule has 30 heavy (non-hydrogen) atoms. The van der Waals surface area contributed by atoms with Crippen LogP contribution >= 0.6 is 0 Å². The number of hydrogen-bond acceptors (Lipinski definition) is 0. The maximum absolute atomic E-state index is 14.8. The molecule has 1 aromatic rings. The van der Waals surface area contributed by atoms with Gasteiger partial charge in [0, 0.05) is 0 Å². The molecular formula is C29H43F. The molecule has 0 N–H and O–H groups in total. The van der Waals surface area contributed by atoms with Crippen molar-refractivity contribution in [1.29, 1.82) is 0 Å². The zero-order chi connectivity index (χ0) is 20.9. The Labute approximate surface area is 184 Å². The molecule has 166 valence electrons. The molecule has 3 aliphatic rings. The molecule has 0 saturated heterocycles. The van der Waals surface area contributed by atoms with Gasteiger partial charge in [0.2, 0.25) is 0 Å². The van der Waals surface area contributed by atoms with Crippen LogP contribution in [0.4, 0.5) is 4.39 Å². The third kappa shape index (κ3) is 5.20. The fraction of sp³-hybridized carbons (Fsp3) is 0.724. The second-order valence-electron chi connectivity index (χ2n) is 10.9. The molecule has 0 aliphatic heterocycles. The molecule has 0 aromatic heterocycles. The third-order valence-corrected chi connectivity index (χ3v) is 9.04. The molecule has 4 atom stereocenters. The van der Waals surface area contributed by atoms with Crippen molar-refractivity contribution in [3.63, 3.8) is 0 Å². The molecule has 4 rings (SSSR count). The molecule has 0 spiro atoms. The van der Waals surface area contributed by atoms with Gasteiger partial charge in [0.1, 0.15) is 5.82 Å². The van der Waals surface area contributed by atoms with Crippen LogP contribution < -0.4 is 0 Å². The Hall–Kier alpha value is -1.11. The van der Waals surface area contributed by atoms with Crippen LogP contribution in [0.2, 0.25) is 0 Å². The molecule has 3 saturated carbocycles. The second-order valence-corrected chi connectivity index (χ2v) is 10.9. The van der Waals surface area contributed by atoms with Crippen molar-refractivity contribution in [2.45, 2.75) is 103 Å². The summed E-state index contributed by atoms with van der Waals surface area (Å²) in [6.45, 7) is 6.12. The predicted octanol–water partition coefficient (Wildman–Crippen LogP) is 8.85. The van der Waals surface area contributed by atoms with E-state index in [1.165, 1.54) is 77.0 Å². The number of aryl methyl sites for hydroxylation is 1. The highest BCUT2D eigenvalue weighted by Gasteiger charge is 2.38. The Morgan fingerprint density at radius 1 is 0.900 bits per heavy atom. The van der Waals surface area contributed by atoms with Crippen LogP contribution in [0.1, 0.15) is 107 Å². The highest BCUT2D eigenvalue weighted by molar-refractivity contribution is 5.28. The lowest BCUT2D eigenvalue weighted by molar-refractivity contribution is 0.0617. The van der Waals surface area contributed by atoms with Crippen LogP contribution in [0.25, 0.3) is 0 Å². The lowest BCUT2D eigenvalue weighted by Gasteiger charge is -2.45. The predicted molar refractivity (Wildman–Crippen MR) is 126 cm³/mol. The Morgan fingerprint density at radius 3 is 2.27 bits per heavy atom. The lowest BCUT2D eigenvalue weighted by Crippen LogP contribution is -2.34. The van der Waals surface area contributed by atoms with E-state index in [-0.39, 0.29) is 5.82 Å². The largest absolute Gasteiger partial charge is 0.207 e. The molecule has 0 radical (unpaired) electrons. The van der Waals surface area contributed by atoms with Gasteiger partial charge in [-0.3, -0.25) is 0 Å². The summed E-state index contributed by atoms with van der Waals surface area (Å²) in [7, 11) is 0. The zero-order valence-corrected chi connectivity index (χ0v) is 19.3. The van der Waals surface area contributed by atoms with Crippen LogP contribution in [0, 0.1) is 35.4 Å². The molecule has 0 amide bonds. The average molecular weight is 411 g/mol. The quantitative estimate of drug-likeness (QED) is 0.394. The van der Waals surface area contributed by atoms with Crippen molar-refractivity contribution < 1.29 is 4.39 Å². The molecule has 0 nitrogen and oxygen atoms in total. The van der Waals surface area contributed by atoms with Gasteiger partial charge in [-0.1, -0.05) is 44.4 Å². The number of fused-ring (bicyclic) bond motifs is 1. The fourth-order valence-corrected chi connectivity index (χ4v) is 7.35.